The Hall–Kier alpha value is -4.56. The number of aromatic nitrogens is 3. The first-order chi connectivity index (χ1) is 18.9. The van der Waals surface area contributed by atoms with Crippen LogP contribution in [0.5, 0.6) is 23.1 Å². The van der Waals surface area contributed by atoms with Gasteiger partial charge >= 0.3 is 5.97 Å². The summed E-state index contributed by atoms with van der Waals surface area (Å²) in [4.78, 5) is 20.4. The molecule has 0 aliphatic rings. The smallest absolute Gasteiger partial charge is 0.303 e. The van der Waals surface area contributed by atoms with E-state index in [1.165, 1.54) is 0 Å². The number of carboxylic acid groups (broad SMARTS) is 1. The minimum atomic E-state index is -0.869. The monoisotopic (exact) mass is 543 g/mol. The van der Waals surface area contributed by atoms with Crippen LogP contribution in [0.15, 0.2) is 84.9 Å². The molecule has 0 amide bonds. The minimum absolute atomic E-state index is 0.000340. The van der Waals surface area contributed by atoms with Gasteiger partial charge in [0, 0.05) is 30.6 Å². The SMILES string of the molecule is Cn1c(COc2ccc(CCC(=O)O)c(OCc3ccc(Cl)cc3)c2)nc2ccc(Oc3ccccc3)nc21. The third-order valence-corrected chi connectivity index (χ3v) is 6.32. The van der Waals surface area contributed by atoms with E-state index in [1.807, 2.05) is 66.2 Å². The molecule has 8 nitrogen and oxygen atoms in total. The van der Waals surface area contributed by atoms with Crippen molar-refractivity contribution in [3.8, 4) is 23.1 Å². The maximum atomic E-state index is 11.1. The van der Waals surface area contributed by atoms with Crippen LogP contribution >= 0.6 is 11.6 Å². The Morgan fingerprint density at radius 2 is 1.69 bits per heavy atom. The highest BCUT2D eigenvalue weighted by Crippen LogP contribution is 2.28. The van der Waals surface area contributed by atoms with Crippen LogP contribution < -0.4 is 14.2 Å². The van der Waals surface area contributed by atoms with Gasteiger partial charge in [0.25, 0.3) is 0 Å². The lowest BCUT2D eigenvalue weighted by atomic mass is 10.1. The summed E-state index contributed by atoms with van der Waals surface area (Å²) in [6, 6.07) is 25.9. The van der Waals surface area contributed by atoms with Gasteiger partial charge in [-0.15, -0.1) is 0 Å². The average Bonchev–Trinajstić information content (AvgIpc) is 3.26. The van der Waals surface area contributed by atoms with E-state index in [1.54, 1.807) is 30.3 Å². The number of pyridine rings is 1. The molecule has 0 aliphatic heterocycles. The summed E-state index contributed by atoms with van der Waals surface area (Å²) in [6.07, 6.45) is 0.343. The van der Waals surface area contributed by atoms with E-state index in [9.17, 15) is 4.79 Å². The Morgan fingerprint density at radius 3 is 2.46 bits per heavy atom. The average molecular weight is 544 g/mol. The van der Waals surface area contributed by atoms with Crippen molar-refractivity contribution in [2.45, 2.75) is 26.1 Å². The van der Waals surface area contributed by atoms with Crippen molar-refractivity contribution in [2.75, 3.05) is 0 Å². The molecule has 9 heteroatoms. The van der Waals surface area contributed by atoms with Crippen LogP contribution in [0.25, 0.3) is 11.2 Å². The first-order valence-corrected chi connectivity index (χ1v) is 12.7. The van der Waals surface area contributed by atoms with Crippen LogP contribution in [0, 0.1) is 0 Å². The first-order valence-electron chi connectivity index (χ1n) is 12.3. The second-order valence-electron chi connectivity index (χ2n) is 8.86. The lowest BCUT2D eigenvalue weighted by molar-refractivity contribution is -0.136. The predicted octanol–water partition coefficient (Wildman–Crippen LogP) is 6.59. The summed E-state index contributed by atoms with van der Waals surface area (Å²) in [5, 5.41) is 9.79. The van der Waals surface area contributed by atoms with Crippen LogP contribution in [0.4, 0.5) is 0 Å². The molecule has 2 aromatic heterocycles. The Morgan fingerprint density at radius 1 is 0.897 bits per heavy atom. The Labute approximate surface area is 230 Å². The lowest BCUT2D eigenvalue weighted by Crippen LogP contribution is -2.05. The Bertz CT molecular complexity index is 1590. The van der Waals surface area contributed by atoms with Gasteiger partial charge in [0.15, 0.2) is 5.65 Å². The summed E-state index contributed by atoms with van der Waals surface area (Å²) in [5.41, 5.74) is 3.14. The summed E-state index contributed by atoms with van der Waals surface area (Å²) in [7, 11) is 1.88. The van der Waals surface area contributed by atoms with E-state index < -0.39 is 5.97 Å². The summed E-state index contributed by atoms with van der Waals surface area (Å²) >= 11 is 5.98. The van der Waals surface area contributed by atoms with Gasteiger partial charge in [-0.25, -0.2) is 4.98 Å². The molecule has 0 atom stereocenters. The van der Waals surface area contributed by atoms with Gasteiger partial charge in [-0.05, 0) is 53.9 Å². The topological polar surface area (TPSA) is 95.7 Å². The van der Waals surface area contributed by atoms with E-state index in [2.05, 4.69) is 9.97 Å². The van der Waals surface area contributed by atoms with Crippen LogP contribution in [0.3, 0.4) is 0 Å². The van der Waals surface area contributed by atoms with Crippen molar-refractivity contribution in [2.24, 2.45) is 7.05 Å². The largest absolute Gasteiger partial charge is 0.488 e. The maximum absolute atomic E-state index is 11.1. The number of imidazole rings is 1. The lowest BCUT2D eigenvalue weighted by Gasteiger charge is -2.14. The second kappa shape index (κ2) is 11.9. The number of ether oxygens (including phenoxy) is 3. The van der Waals surface area contributed by atoms with Gasteiger partial charge in [-0.1, -0.05) is 48.0 Å². The molecule has 198 valence electrons. The number of rotatable bonds is 11. The highest BCUT2D eigenvalue weighted by molar-refractivity contribution is 6.30. The molecule has 5 aromatic rings. The van der Waals surface area contributed by atoms with Crippen molar-refractivity contribution in [1.82, 2.24) is 14.5 Å². The number of hydrogen-bond acceptors (Lipinski definition) is 6. The van der Waals surface area contributed by atoms with Crippen molar-refractivity contribution in [3.05, 3.63) is 107 Å². The van der Waals surface area contributed by atoms with Crippen molar-refractivity contribution < 1.29 is 24.1 Å². The van der Waals surface area contributed by atoms with Crippen molar-refractivity contribution in [3.63, 3.8) is 0 Å². The molecule has 3 aromatic carbocycles. The van der Waals surface area contributed by atoms with Gasteiger partial charge in [0.1, 0.15) is 41.8 Å². The molecule has 1 N–H and O–H groups in total. The number of nitrogens with zero attached hydrogens (tertiary/aromatic N) is 3. The fourth-order valence-corrected chi connectivity index (χ4v) is 4.11. The van der Waals surface area contributed by atoms with Crippen LogP contribution in [-0.2, 0) is 31.5 Å². The molecule has 5 rings (SSSR count). The third-order valence-electron chi connectivity index (χ3n) is 6.07. The van der Waals surface area contributed by atoms with E-state index in [0.29, 0.717) is 52.7 Å². The number of aryl methyl sites for hydroxylation is 2. The summed E-state index contributed by atoms with van der Waals surface area (Å²) in [6.45, 7) is 0.511. The van der Waals surface area contributed by atoms with E-state index in [0.717, 1.165) is 16.6 Å². The van der Waals surface area contributed by atoms with Crippen LogP contribution in [-0.4, -0.2) is 25.6 Å². The number of aliphatic carboxylic acids is 1. The normalized spacial score (nSPS) is 10.9. The van der Waals surface area contributed by atoms with Crippen LogP contribution in [0.1, 0.15) is 23.4 Å². The van der Waals surface area contributed by atoms with Gasteiger partial charge < -0.3 is 23.9 Å². The van der Waals surface area contributed by atoms with Gasteiger partial charge in [0.05, 0.1) is 0 Å². The summed E-state index contributed by atoms with van der Waals surface area (Å²) in [5.74, 6) is 2.14. The highest BCUT2D eigenvalue weighted by Gasteiger charge is 2.13. The Balaban J connectivity index is 1.31. The number of hydrogen-bond donors (Lipinski definition) is 1. The fraction of sp³-hybridized carbons (Fsp3) is 0.167. The number of benzene rings is 3. The fourth-order valence-electron chi connectivity index (χ4n) is 3.99. The van der Waals surface area contributed by atoms with E-state index in [4.69, 9.17) is 30.9 Å². The number of fused-ring (bicyclic) bond motifs is 1. The van der Waals surface area contributed by atoms with E-state index >= 15 is 0 Å². The first kappa shape index (κ1) is 26.1. The molecule has 0 aliphatic carbocycles. The molecule has 39 heavy (non-hydrogen) atoms. The molecule has 0 radical (unpaired) electrons. The molecule has 0 spiro atoms. The molecular weight excluding hydrogens is 518 g/mol. The number of carbonyl (C=O) groups is 1. The molecular formula is C30H26ClN3O5. The quantitative estimate of drug-likeness (QED) is 0.201. The molecule has 0 unspecified atom stereocenters. The van der Waals surface area contributed by atoms with E-state index in [-0.39, 0.29) is 13.0 Å². The standard InChI is InChI=1S/C30H26ClN3O5/c1-34-27(32-25-14-15-28(33-30(25)34)39-23-5-3-2-4-6-23)19-37-24-13-9-21(10-16-29(35)36)26(17-24)38-18-20-7-11-22(31)12-8-20/h2-9,11-15,17H,10,16,18-19H2,1H3,(H,35,36). The summed E-state index contributed by atoms with van der Waals surface area (Å²) < 4.78 is 19.8. The van der Waals surface area contributed by atoms with Gasteiger partial charge in [-0.3, -0.25) is 4.79 Å². The second-order valence-corrected chi connectivity index (χ2v) is 9.30. The zero-order valence-electron chi connectivity index (χ0n) is 21.2. The van der Waals surface area contributed by atoms with Gasteiger partial charge in [-0.2, -0.15) is 4.98 Å². The zero-order valence-corrected chi connectivity index (χ0v) is 22.0. The highest BCUT2D eigenvalue weighted by atomic mass is 35.5. The molecule has 0 bridgehead atoms. The van der Waals surface area contributed by atoms with Gasteiger partial charge in [0.2, 0.25) is 5.88 Å². The molecule has 0 saturated carbocycles. The number of carboxylic acids is 1. The zero-order chi connectivity index (χ0) is 27.2. The number of para-hydroxylation sites is 1. The van der Waals surface area contributed by atoms with Crippen molar-refractivity contribution in [1.29, 1.82) is 0 Å². The van der Waals surface area contributed by atoms with Crippen molar-refractivity contribution >= 4 is 28.7 Å². The van der Waals surface area contributed by atoms with Crippen LogP contribution in [0.2, 0.25) is 5.02 Å². The predicted molar refractivity (Wildman–Crippen MR) is 148 cm³/mol. The third kappa shape index (κ3) is 6.66. The molecule has 0 saturated heterocycles. The number of halogens is 1. The maximum Gasteiger partial charge on any atom is 0.303 e. The Kier molecular flexibility index (Phi) is 7.94. The minimum Gasteiger partial charge on any atom is -0.488 e. The molecule has 2 heterocycles. The molecule has 0 fully saturated rings.